The van der Waals surface area contributed by atoms with Gasteiger partial charge in [-0.25, -0.2) is 8.42 Å². The Morgan fingerprint density at radius 3 is 2.59 bits per heavy atom. The molecule has 1 atom stereocenters. The number of hydrogen-bond acceptors (Lipinski definition) is 6. The molecule has 1 heterocycles. The minimum atomic E-state index is -3.91. The zero-order valence-corrected chi connectivity index (χ0v) is 21.0. The van der Waals surface area contributed by atoms with Crippen LogP contribution in [0.2, 0.25) is 5.02 Å². The van der Waals surface area contributed by atoms with Crippen molar-refractivity contribution >= 4 is 27.6 Å². The maximum atomic E-state index is 13.8. The van der Waals surface area contributed by atoms with E-state index >= 15 is 0 Å². The quantitative estimate of drug-likeness (QED) is 0.355. The zero-order valence-electron chi connectivity index (χ0n) is 19.4. The number of halogens is 1. The van der Waals surface area contributed by atoms with Crippen molar-refractivity contribution in [3.05, 3.63) is 77.1 Å². The fourth-order valence-electron chi connectivity index (χ4n) is 3.73. The molecule has 180 valence electrons. The molecular weight excluding hydrogens is 474 g/mol. The first-order valence-electron chi connectivity index (χ1n) is 11.0. The molecule has 2 aromatic carbocycles. The predicted molar refractivity (Wildman–Crippen MR) is 132 cm³/mol. The summed E-state index contributed by atoms with van der Waals surface area (Å²) in [5.74, 6) is -0.348. The highest BCUT2D eigenvalue weighted by molar-refractivity contribution is 7.89. The molecule has 0 saturated carbocycles. The Bertz CT molecular complexity index is 1240. The van der Waals surface area contributed by atoms with Crippen LogP contribution in [0.15, 0.2) is 65.8 Å². The van der Waals surface area contributed by atoms with Crippen molar-refractivity contribution in [3.63, 3.8) is 0 Å². The molecule has 0 amide bonds. The standard InChI is InChI=1S/C25H28ClN3O4S/c1-4-33-25(30)12-7-15-29(34(31,32)24-11-6-10-23(26)18(24)2)19(3)20-8-5-9-21(16-20)22-13-14-27-28-17-22/h5-6,8-11,13-14,16-17,19H,4,7,12,15H2,1-3H3/t19-/m0/s1. The fraction of sp³-hybridized carbons (Fsp3) is 0.320. The van der Waals surface area contributed by atoms with E-state index in [-0.39, 0.29) is 30.4 Å². The molecule has 0 spiro atoms. The molecule has 34 heavy (non-hydrogen) atoms. The second-order valence-electron chi connectivity index (χ2n) is 7.82. The minimum absolute atomic E-state index is 0.129. The molecule has 9 heteroatoms. The second-order valence-corrected chi connectivity index (χ2v) is 10.1. The third kappa shape index (κ3) is 6.00. The van der Waals surface area contributed by atoms with Gasteiger partial charge in [0.25, 0.3) is 0 Å². The van der Waals surface area contributed by atoms with E-state index in [0.717, 1.165) is 16.7 Å². The summed E-state index contributed by atoms with van der Waals surface area (Å²) in [4.78, 5) is 12.0. The topological polar surface area (TPSA) is 89.5 Å². The molecule has 0 unspecified atom stereocenters. The molecular formula is C25H28ClN3O4S. The van der Waals surface area contributed by atoms with Crippen molar-refractivity contribution in [2.75, 3.05) is 13.2 Å². The lowest BCUT2D eigenvalue weighted by Crippen LogP contribution is -2.35. The van der Waals surface area contributed by atoms with Gasteiger partial charge in [-0.1, -0.05) is 35.9 Å². The lowest BCUT2D eigenvalue weighted by atomic mass is 10.0. The number of benzene rings is 2. The van der Waals surface area contributed by atoms with Crippen molar-refractivity contribution in [1.82, 2.24) is 14.5 Å². The van der Waals surface area contributed by atoms with E-state index in [0.29, 0.717) is 17.0 Å². The number of carbonyl (C=O) groups excluding carboxylic acids is 1. The lowest BCUT2D eigenvalue weighted by molar-refractivity contribution is -0.143. The van der Waals surface area contributed by atoms with E-state index < -0.39 is 16.1 Å². The van der Waals surface area contributed by atoms with Crippen molar-refractivity contribution < 1.29 is 17.9 Å². The largest absolute Gasteiger partial charge is 0.466 e. The Morgan fingerprint density at radius 2 is 1.88 bits per heavy atom. The Morgan fingerprint density at radius 1 is 1.12 bits per heavy atom. The number of nitrogens with zero attached hydrogens (tertiary/aromatic N) is 3. The molecule has 0 bridgehead atoms. The Kier molecular flexibility index (Phi) is 8.77. The third-order valence-electron chi connectivity index (χ3n) is 5.59. The van der Waals surface area contributed by atoms with Gasteiger partial charge in [-0.05, 0) is 68.1 Å². The van der Waals surface area contributed by atoms with E-state index in [9.17, 15) is 13.2 Å². The summed E-state index contributed by atoms with van der Waals surface area (Å²) in [5, 5.41) is 8.12. The van der Waals surface area contributed by atoms with Crippen molar-refractivity contribution in [2.45, 2.75) is 44.6 Å². The van der Waals surface area contributed by atoms with Gasteiger partial charge in [-0.15, -0.1) is 0 Å². The van der Waals surface area contributed by atoms with Crippen LogP contribution in [0.5, 0.6) is 0 Å². The molecule has 0 N–H and O–H groups in total. The van der Waals surface area contributed by atoms with Gasteiger partial charge >= 0.3 is 5.97 Å². The third-order valence-corrected chi connectivity index (χ3v) is 8.11. The molecule has 0 aliphatic rings. The monoisotopic (exact) mass is 501 g/mol. The van der Waals surface area contributed by atoms with Gasteiger partial charge in [-0.3, -0.25) is 4.79 Å². The van der Waals surface area contributed by atoms with Crippen LogP contribution in [-0.4, -0.2) is 42.0 Å². The van der Waals surface area contributed by atoms with Crippen molar-refractivity contribution in [2.24, 2.45) is 0 Å². The highest BCUT2D eigenvalue weighted by Crippen LogP contribution is 2.33. The summed E-state index contributed by atoms with van der Waals surface area (Å²) < 4.78 is 34.0. The minimum Gasteiger partial charge on any atom is -0.466 e. The van der Waals surface area contributed by atoms with E-state index in [1.54, 1.807) is 44.4 Å². The average molecular weight is 502 g/mol. The van der Waals surface area contributed by atoms with Gasteiger partial charge in [0.2, 0.25) is 10.0 Å². The number of rotatable bonds is 10. The average Bonchev–Trinajstić information content (AvgIpc) is 2.83. The first kappa shape index (κ1) is 25.8. The van der Waals surface area contributed by atoms with Crippen LogP contribution in [0.3, 0.4) is 0 Å². The van der Waals surface area contributed by atoms with Gasteiger partial charge in [0.05, 0.1) is 23.9 Å². The van der Waals surface area contributed by atoms with Crippen LogP contribution in [0.1, 0.15) is 43.9 Å². The van der Waals surface area contributed by atoms with Gasteiger partial charge in [0.1, 0.15) is 0 Å². The van der Waals surface area contributed by atoms with Crippen molar-refractivity contribution in [1.29, 1.82) is 0 Å². The Labute approximate surface area is 205 Å². The van der Waals surface area contributed by atoms with Crippen LogP contribution in [0.4, 0.5) is 0 Å². The van der Waals surface area contributed by atoms with Crippen LogP contribution >= 0.6 is 11.6 Å². The zero-order chi connectivity index (χ0) is 24.7. The molecule has 0 fully saturated rings. The molecule has 3 rings (SSSR count). The lowest BCUT2D eigenvalue weighted by Gasteiger charge is -2.29. The number of ether oxygens (including phenoxy) is 1. The maximum absolute atomic E-state index is 13.8. The first-order valence-corrected chi connectivity index (χ1v) is 12.9. The number of esters is 1. The van der Waals surface area contributed by atoms with E-state index in [1.165, 1.54) is 4.31 Å². The number of sulfonamides is 1. The summed E-state index contributed by atoms with van der Waals surface area (Å²) in [6, 6.07) is 13.9. The van der Waals surface area contributed by atoms with E-state index in [2.05, 4.69) is 10.2 Å². The van der Waals surface area contributed by atoms with Gasteiger partial charge < -0.3 is 4.74 Å². The molecule has 0 saturated heterocycles. The Balaban J connectivity index is 1.98. The summed E-state index contributed by atoms with van der Waals surface area (Å²) in [6.45, 7) is 5.70. The maximum Gasteiger partial charge on any atom is 0.305 e. The molecule has 3 aromatic rings. The van der Waals surface area contributed by atoms with Crippen LogP contribution in [-0.2, 0) is 19.6 Å². The predicted octanol–water partition coefficient (Wildman–Crippen LogP) is 5.20. The number of aromatic nitrogens is 2. The van der Waals surface area contributed by atoms with Gasteiger partial charge in [0, 0.05) is 29.6 Å². The molecule has 1 aromatic heterocycles. The number of carbonyl (C=O) groups is 1. The van der Waals surface area contributed by atoms with Crippen LogP contribution in [0, 0.1) is 6.92 Å². The molecule has 0 radical (unpaired) electrons. The second kappa shape index (κ2) is 11.6. The molecule has 7 nitrogen and oxygen atoms in total. The fourth-order valence-corrected chi connectivity index (χ4v) is 5.87. The first-order chi connectivity index (χ1) is 16.3. The summed E-state index contributed by atoms with van der Waals surface area (Å²) in [7, 11) is -3.91. The van der Waals surface area contributed by atoms with Crippen molar-refractivity contribution in [3.8, 4) is 11.1 Å². The molecule has 0 aliphatic heterocycles. The van der Waals surface area contributed by atoms with E-state index in [4.69, 9.17) is 16.3 Å². The van der Waals surface area contributed by atoms with E-state index in [1.807, 2.05) is 37.3 Å². The highest BCUT2D eigenvalue weighted by Gasteiger charge is 2.31. The normalized spacial score (nSPS) is 12.5. The summed E-state index contributed by atoms with van der Waals surface area (Å²) in [5.41, 5.74) is 3.09. The summed E-state index contributed by atoms with van der Waals surface area (Å²) >= 11 is 6.24. The SMILES string of the molecule is CCOC(=O)CCCN([C@@H](C)c1cccc(-c2ccnnc2)c1)S(=O)(=O)c1cccc(Cl)c1C. The number of hydrogen-bond donors (Lipinski definition) is 0. The smallest absolute Gasteiger partial charge is 0.305 e. The highest BCUT2D eigenvalue weighted by atomic mass is 35.5. The molecule has 0 aliphatic carbocycles. The van der Waals surface area contributed by atoms with Gasteiger partial charge in [0.15, 0.2) is 0 Å². The van der Waals surface area contributed by atoms with Crippen LogP contribution < -0.4 is 0 Å². The summed E-state index contributed by atoms with van der Waals surface area (Å²) in [6.07, 6.45) is 3.73. The van der Waals surface area contributed by atoms with Gasteiger partial charge in [-0.2, -0.15) is 14.5 Å². The Hall–Kier alpha value is -2.81. The van der Waals surface area contributed by atoms with Crippen LogP contribution in [0.25, 0.3) is 11.1 Å².